The number of rotatable bonds is 3. The van der Waals surface area contributed by atoms with Crippen LogP contribution in [-0.2, 0) is 14.3 Å². The molecule has 4 atom stereocenters. The van der Waals surface area contributed by atoms with E-state index in [0.717, 1.165) is 12.8 Å². The molecule has 1 aliphatic carbocycles. The predicted octanol–water partition coefficient (Wildman–Crippen LogP) is 0.110. The van der Waals surface area contributed by atoms with E-state index in [4.69, 9.17) is 10.5 Å². The lowest BCUT2D eigenvalue weighted by atomic mass is 9.76. The molecule has 1 saturated carbocycles. The number of carbonyl (C=O) groups is 2. The van der Waals surface area contributed by atoms with Crippen molar-refractivity contribution in [1.29, 1.82) is 0 Å². The van der Waals surface area contributed by atoms with Crippen LogP contribution in [0.15, 0.2) is 0 Å². The van der Waals surface area contributed by atoms with E-state index in [1.54, 1.807) is 0 Å². The molecule has 2 aliphatic rings. The number of amides is 1. The van der Waals surface area contributed by atoms with Gasteiger partial charge in [-0.1, -0.05) is 19.8 Å². The highest BCUT2D eigenvalue weighted by Gasteiger charge is 2.45. The lowest BCUT2D eigenvalue weighted by Crippen LogP contribution is -2.59. The molecule has 4 unspecified atom stereocenters. The minimum atomic E-state index is -1.13. The molecule has 2 rings (SSSR count). The predicted molar refractivity (Wildman–Crippen MR) is 68.4 cm³/mol. The average Bonchev–Trinajstić information content (AvgIpc) is 2.75. The third kappa shape index (κ3) is 2.90. The Morgan fingerprint density at radius 3 is 2.68 bits per heavy atom. The van der Waals surface area contributed by atoms with Gasteiger partial charge in [-0.05, 0) is 18.8 Å². The lowest BCUT2D eigenvalue weighted by molar-refractivity contribution is -0.150. The van der Waals surface area contributed by atoms with Crippen molar-refractivity contribution in [3.8, 4) is 0 Å². The maximum atomic E-state index is 12.2. The zero-order chi connectivity index (χ0) is 14.0. The van der Waals surface area contributed by atoms with Crippen molar-refractivity contribution in [2.75, 3.05) is 13.2 Å². The van der Waals surface area contributed by atoms with Crippen molar-refractivity contribution in [3.63, 3.8) is 0 Å². The SMILES string of the molecule is CC1CCCC(NC(=O)C2COCC2N)(C(=O)O)C1. The molecular weight excluding hydrogens is 248 g/mol. The summed E-state index contributed by atoms with van der Waals surface area (Å²) in [5.74, 6) is -1.37. The number of nitrogens with two attached hydrogens (primary N) is 1. The number of aliphatic carboxylic acids is 1. The standard InChI is InChI=1S/C13H22N2O4/c1-8-3-2-4-13(5-8,12(17)18)15-11(16)9-6-19-7-10(9)14/h8-10H,2-7,14H2,1H3,(H,15,16)(H,17,18). The van der Waals surface area contributed by atoms with Crippen LogP contribution >= 0.6 is 0 Å². The van der Waals surface area contributed by atoms with Gasteiger partial charge in [-0.3, -0.25) is 4.79 Å². The van der Waals surface area contributed by atoms with Crippen LogP contribution in [0.1, 0.15) is 32.6 Å². The Bertz CT molecular complexity index is 374. The maximum Gasteiger partial charge on any atom is 0.329 e. The van der Waals surface area contributed by atoms with Crippen LogP contribution in [0, 0.1) is 11.8 Å². The molecule has 108 valence electrons. The Balaban J connectivity index is 2.08. The van der Waals surface area contributed by atoms with Crippen molar-refractivity contribution >= 4 is 11.9 Å². The van der Waals surface area contributed by atoms with Gasteiger partial charge in [0.15, 0.2) is 0 Å². The van der Waals surface area contributed by atoms with Gasteiger partial charge in [0, 0.05) is 6.04 Å². The van der Waals surface area contributed by atoms with Crippen LogP contribution in [0.5, 0.6) is 0 Å². The van der Waals surface area contributed by atoms with Crippen LogP contribution in [0.2, 0.25) is 0 Å². The fraction of sp³-hybridized carbons (Fsp3) is 0.846. The van der Waals surface area contributed by atoms with Gasteiger partial charge < -0.3 is 20.9 Å². The van der Waals surface area contributed by atoms with Gasteiger partial charge in [0.05, 0.1) is 19.1 Å². The van der Waals surface area contributed by atoms with E-state index in [-0.39, 0.29) is 18.6 Å². The van der Waals surface area contributed by atoms with Gasteiger partial charge in [-0.15, -0.1) is 0 Å². The molecule has 6 nitrogen and oxygen atoms in total. The fourth-order valence-corrected chi connectivity index (χ4v) is 3.08. The first-order chi connectivity index (χ1) is 8.94. The van der Waals surface area contributed by atoms with Crippen molar-refractivity contribution < 1.29 is 19.4 Å². The summed E-state index contributed by atoms with van der Waals surface area (Å²) in [7, 11) is 0. The quantitative estimate of drug-likeness (QED) is 0.675. The molecule has 0 radical (unpaired) electrons. The molecule has 0 aromatic heterocycles. The van der Waals surface area contributed by atoms with E-state index in [9.17, 15) is 14.7 Å². The lowest BCUT2D eigenvalue weighted by Gasteiger charge is -2.37. The molecule has 1 saturated heterocycles. The van der Waals surface area contributed by atoms with Crippen LogP contribution < -0.4 is 11.1 Å². The van der Waals surface area contributed by atoms with Crippen molar-refractivity contribution in [1.82, 2.24) is 5.32 Å². The Morgan fingerprint density at radius 2 is 2.16 bits per heavy atom. The third-order valence-corrected chi connectivity index (χ3v) is 4.23. The molecule has 1 heterocycles. The summed E-state index contributed by atoms with van der Waals surface area (Å²) in [5.41, 5.74) is 4.67. The van der Waals surface area contributed by atoms with E-state index < -0.39 is 17.4 Å². The summed E-state index contributed by atoms with van der Waals surface area (Å²) < 4.78 is 5.16. The monoisotopic (exact) mass is 270 g/mol. The van der Waals surface area contributed by atoms with Crippen molar-refractivity contribution in [3.05, 3.63) is 0 Å². The average molecular weight is 270 g/mol. The summed E-state index contributed by atoms with van der Waals surface area (Å²) in [6, 6.07) is -0.341. The van der Waals surface area contributed by atoms with Crippen LogP contribution in [0.25, 0.3) is 0 Å². The number of hydrogen-bond acceptors (Lipinski definition) is 4. The second-order valence-corrected chi connectivity index (χ2v) is 5.89. The van der Waals surface area contributed by atoms with E-state index in [1.165, 1.54) is 0 Å². The Hall–Kier alpha value is -1.14. The second kappa shape index (κ2) is 5.46. The zero-order valence-electron chi connectivity index (χ0n) is 11.2. The molecule has 0 spiro atoms. The smallest absolute Gasteiger partial charge is 0.329 e. The summed E-state index contributed by atoms with van der Waals surface area (Å²) in [6.07, 6.45) is 2.80. The van der Waals surface area contributed by atoms with E-state index in [1.807, 2.05) is 6.92 Å². The van der Waals surface area contributed by atoms with Crippen LogP contribution in [-0.4, -0.2) is 41.8 Å². The number of hydrogen-bond donors (Lipinski definition) is 3. The van der Waals surface area contributed by atoms with E-state index in [0.29, 0.717) is 25.4 Å². The fourth-order valence-electron chi connectivity index (χ4n) is 3.08. The Labute approximate surface area is 112 Å². The first-order valence-corrected chi connectivity index (χ1v) is 6.83. The Kier molecular flexibility index (Phi) is 4.10. The van der Waals surface area contributed by atoms with Crippen LogP contribution in [0.3, 0.4) is 0 Å². The molecule has 2 fully saturated rings. The molecule has 6 heteroatoms. The van der Waals surface area contributed by atoms with E-state index >= 15 is 0 Å². The maximum absolute atomic E-state index is 12.2. The Morgan fingerprint density at radius 1 is 1.42 bits per heavy atom. The number of ether oxygens (including phenoxy) is 1. The summed E-state index contributed by atoms with van der Waals surface area (Å²) >= 11 is 0. The number of nitrogens with one attached hydrogen (secondary N) is 1. The van der Waals surface area contributed by atoms with Gasteiger partial charge in [0.1, 0.15) is 5.54 Å². The third-order valence-electron chi connectivity index (χ3n) is 4.23. The molecule has 1 aliphatic heterocycles. The molecule has 4 N–H and O–H groups in total. The first kappa shape index (κ1) is 14.3. The number of carboxylic acid groups (broad SMARTS) is 1. The number of carbonyl (C=O) groups excluding carboxylic acids is 1. The van der Waals surface area contributed by atoms with Gasteiger partial charge >= 0.3 is 5.97 Å². The summed E-state index contributed by atoms with van der Waals surface area (Å²) in [5, 5.41) is 12.2. The second-order valence-electron chi connectivity index (χ2n) is 5.89. The highest BCUT2D eigenvalue weighted by Crippen LogP contribution is 2.33. The van der Waals surface area contributed by atoms with Gasteiger partial charge in [-0.2, -0.15) is 0 Å². The molecule has 0 aromatic carbocycles. The van der Waals surface area contributed by atoms with Crippen molar-refractivity contribution in [2.24, 2.45) is 17.6 Å². The highest BCUT2D eigenvalue weighted by atomic mass is 16.5. The van der Waals surface area contributed by atoms with Crippen LogP contribution in [0.4, 0.5) is 0 Å². The topological polar surface area (TPSA) is 102 Å². The molecule has 1 amide bonds. The molecule has 0 aromatic rings. The van der Waals surface area contributed by atoms with Gasteiger partial charge in [0.25, 0.3) is 0 Å². The summed E-state index contributed by atoms with van der Waals surface area (Å²) in [4.78, 5) is 23.8. The normalized spacial score (nSPS) is 38.9. The molecule has 0 bridgehead atoms. The van der Waals surface area contributed by atoms with Gasteiger partial charge in [0.2, 0.25) is 5.91 Å². The first-order valence-electron chi connectivity index (χ1n) is 6.83. The van der Waals surface area contributed by atoms with E-state index in [2.05, 4.69) is 5.32 Å². The largest absolute Gasteiger partial charge is 0.480 e. The highest BCUT2D eigenvalue weighted by molar-refractivity contribution is 5.88. The summed E-state index contributed by atoms with van der Waals surface area (Å²) in [6.45, 7) is 2.65. The van der Waals surface area contributed by atoms with Crippen molar-refractivity contribution in [2.45, 2.75) is 44.2 Å². The zero-order valence-corrected chi connectivity index (χ0v) is 11.2. The van der Waals surface area contributed by atoms with Gasteiger partial charge in [-0.25, -0.2) is 4.79 Å². The minimum Gasteiger partial charge on any atom is -0.480 e. The molecular formula is C13H22N2O4. The molecule has 19 heavy (non-hydrogen) atoms. The minimum absolute atomic E-state index is 0.276. The number of carboxylic acids is 1.